The third-order valence-electron chi connectivity index (χ3n) is 5.51. The largest absolute Gasteiger partial charge is 0.440 e. The summed E-state index contributed by atoms with van der Waals surface area (Å²) in [6.45, 7) is -0.350. The van der Waals surface area contributed by atoms with Gasteiger partial charge in [-0.2, -0.15) is 31.6 Å². The molecule has 2 aromatic carbocycles. The maximum Gasteiger partial charge on any atom is 0.416 e. The molecule has 0 saturated carbocycles. The lowest BCUT2D eigenvalue weighted by Crippen LogP contribution is -2.29. The van der Waals surface area contributed by atoms with E-state index in [1.54, 1.807) is 0 Å². The van der Waals surface area contributed by atoms with Crippen LogP contribution in [0.2, 0.25) is 0 Å². The summed E-state index contributed by atoms with van der Waals surface area (Å²) in [4.78, 5) is 0. The SMILES string of the molecule is N#CC1=C(N)OC2=C(COCC2=Cc2ccccc2C(F)(F)F)C1c1ccccc1C(F)(F)F. The molecule has 2 heterocycles. The Labute approximate surface area is 190 Å². The summed E-state index contributed by atoms with van der Waals surface area (Å²) in [5, 5.41) is 9.65. The van der Waals surface area contributed by atoms with Crippen LogP contribution < -0.4 is 5.73 Å². The molecule has 0 bridgehead atoms. The van der Waals surface area contributed by atoms with E-state index in [1.807, 2.05) is 6.07 Å². The Hall–Kier alpha value is -3.71. The molecular weight excluding hydrogens is 462 g/mol. The van der Waals surface area contributed by atoms with Gasteiger partial charge in [-0.05, 0) is 29.3 Å². The Balaban J connectivity index is 1.91. The summed E-state index contributed by atoms with van der Waals surface area (Å²) in [6.07, 6.45) is -8.14. The molecular formula is C24H16F6N2O2. The zero-order chi connectivity index (χ0) is 24.7. The Bertz CT molecular complexity index is 1270. The van der Waals surface area contributed by atoms with Gasteiger partial charge < -0.3 is 15.2 Å². The second-order valence-corrected chi connectivity index (χ2v) is 7.61. The van der Waals surface area contributed by atoms with Gasteiger partial charge >= 0.3 is 12.4 Å². The number of allylic oxidation sites excluding steroid dienone is 1. The van der Waals surface area contributed by atoms with Gasteiger partial charge in [0.2, 0.25) is 5.88 Å². The van der Waals surface area contributed by atoms with E-state index in [1.165, 1.54) is 42.5 Å². The first kappa shape index (κ1) is 23.4. The van der Waals surface area contributed by atoms with Crippen molar-refractivity contribution in [3.63, 3.8) is 0 Å². The summed E-state index contributed by atoms with van der Waals surface area (Å²) in [6, 6.07) is 11.4. The molecule has 34 heavy (non-hydrogen) atoms. The number of ether oxygens (including phenoxy) is 2. The summed E-state index contributed by atoms with van der Waals surface area (Å²) in [5.41, 5.74) is 3.73. The molecule has 4 rings (SSSR count). The zero-order valence-corrected chi connectivity index (χ0v) is 17.3. The van der Waals surface area contributed by atoms with E-state index in [4.69, 9.17) is 15.2 Å². The number of nitrogens with zero attached hydrogens (tertiary/aromatic N) is 1. The minimum absolute atomic E-state index is 0.00158. The molecule has 0 fully saturated rings. The molecule has 0 radical (unpaired) electrons. The smallest absolute Gasteiger partial charge is 0.416 e. The molecule has 0 aliphatic carbocycles. The zero-order valence-electron chi connectivity index (χ0n) is 17.3. The first-order valence-corrected chi connectivity index (χ1v) is 9.94. The van der Waals surface area contributed by atoms with Gasteiger partial charge in [-0.3, -0.25) is 0 Å². The van der Waals surface area contributed by atoms with E-state index in [2.05, 4.69) is 0 Å². The molecule has 0 spiro atoms. The lowest BCUT2D eigenvalue weighted by Gasteiger charge is -2.34. The topological polar surface area (TPSA) is 68.3 Å². The van der Waals surface area contributed by atoms with Gasteiger partial charge in [0, 0.05) is 11.1 Å². The van der Waals surface area contributed by atoms with Crippen LogP contribution in [0.5, 0.6) is 0 Å². The number of halogens is 6. The third-order valence-corrected chi connectivity index (χ3v) is 5.51. The van der Waals surface area contributed by atoms with Crippen molar-refractivity contribution in [2.24, 2.45) is 5.73 Å². The summed E-state index contributed by atoms with van der Waals surface area (Å²) in [5.74, 6) is -1.66. The maximum absolute atomic E-state index is 13.7. The highest BCUT2D eigenvalue weighted by Gasteiger charge is 2.42. The van der Waals surface area contributed by atoms with Crippen molar-refractivity contribution in [3.8, 4) is 6.07 Å². The molecule has 0 aromatic heterocycles. The molecule has 2 aliphatic rings. The molecule has 1 atom stereocenters. The highest BCUT2D eigenvalue weighted by molar-refractivity contribution is 5.65. The van der Waals surface area contributed by atoms with Gasteiger partial charge in [-0.15, -0.1) is 0 Å². The number of hydrogen-bond donors (Lipinski definition) is 1. The monoisotopic (exact) mass is 478 g/mol. The van der Waals surface area contributed by atoms with Gasteiger partial charge in [0.05, 0.1) is 30.3 Å². The Morgan fingerprint density at radius 1 is 0.912 bits per heavy atom. The Morgan fingerprint density at radius 2 is 1.53 bits per heavy atom. The van der Waals surface area contributed by atoms with Crippen LogP contribution in [0.25, 0.3) is 6.08 Å². The number of hydrogen-bond acceptors (Lipinski definition) is 4. The van der Waals surface area contributed by atoms with Crippen LogP contribution in [0, 0.1) is 11.3 Å². The van der Waals surface area contributed by atoms with Crippen molar-refractivity contribution < 1.29 is 35.8 Å². The lowest BCUT2D eigenvalue weighted by molar-refractivity contribution is -0.138. The van der Waals surface area contributed by atoms with Gasteiger partial charge in [0.1, 0.15) is 17.4 Å². The first-order valence-electron chi connectivity index (χ1n) is 9.94. The molecule has 0 saturated heterocycles. The molecule has 10 heteroatoms. The Morgan fingerprint density at radius 3 is 2.18 bits per heavy atom. The van der Waals surface area contributed by atoms with Crippen molar-refractivity contribution in [2.45, 2.75) is 18.3 Å². The first-order chi connectivity index (χ1) is 16.0. The van der Waals surface area contributed by atoms with Gasteiger partial charge in [0.15, 0.2) is 0 Å². The molecule has 176 valence electrons. The van der Waals surface area contributed by atoms with E-state index in [-0.39, 0.29) is 46.8 Å². The van der Waals surface area contributed by atoms with Gasteiger partial charge in [-0.1, -0.05) is 36.4 Å². The van der Waals surface area contributed by atoms with E-state index in [0.29, 0.717) is 0 Å². The number of nitrogens with two attached hydrogens (primary N) is 1. The van der Waals surface area contributed by atoms with Crippen molar-refractivity contribution in [3.05, 3.63) is 99.1 Å². The van der Waals surface area contributed by atoms with Crippen LogP contribution in [-0.2, 0) is 21.8 Å². The van der Waals surface area contributed by atoms with E-state index in [9.17, 15) is 31.6 Å². The van der Waals surface area contributed by atoms with Crippen molar-refractivity contribution in [1.82, 2.24) is 0 Å². The van der Waals surface area contributed by atoms with Crippen LogP contribution in [0.4, 0.5) is 26.3 Å². The summed E-state index contributed by atoms with van der Waals surface area (Å²) in [7, 11) is 0. The number of alkyl halides is 6. The molecule has 4 nitrogen and oxygen atoms in total. The fourth-order valence-electron chi connectivity index (χ4n) is 4.08. The quantitative estimate of drug-likeness (QED) is 0.546. The molecule has 2 aromatic rings. The highest BCUT2D eigenvalue weighted by Crippen LogP contribution is 2.47. The lowest BCUT2D eigenvalue weighted by atomic mass is 9.79. The fourth-order valence-corrected chi connectivity index (χ4v) is 4.08. The van der Waals surface area contributed by atoms with Crippen LogP contribution in [0.1, 0.15) is 28.2 Å². The maximum atomic E-state index is 13.7. The van der Waals surface area contributed by atoms with E-state index in [0.717, 1.165) is 12.1 Å². The van der Waals surface area contributed by atoms with Gasteiger partial charge in [-0.25, -0.2) is 0 Å². The van der Waals surface area contributed by atoms with Crippen molar-refractivity contribution in [1.29, 1.82) is 5.26 Å². The van der Waals surface area contributed by atoms with Crippen LogP contribution in [-0.4, -0.2) is 13.2 Å². The predicted octanol–water partition coefficient (Wildman–Crippen LogP) is 5.90. The minimum Gasteiger partial charge on any atom is -0.440 e. The molecule has 0 amide bonds. The molecule has 2 aliphatic heterocycles. The van der Waals surface area contributed by atoms with E-state index < -0.39 is 35.3 Å². The second kappa shape index (κ2) is 8.57. The number of benzene rings is 2. The van der Waals surface area contributed by atoms with Crippen molar-refractivity contribution >= 4 is 6.08 Å². The number of rotatable bonds is 2. The summed E-state index contributed by atoms with van der Waals surface area (Å²) >= 11 is 0. The normalized spacial score (nSPS) is 20.1. The minimum atomic E-state index is -4.72. The van der Waals surface area contributed by atoms with Crippen molar-refractivity contribution in [2.75, 3.05) is 13.2 Å². The predicted molar refractivity (Wildman–Crippen MR) is 109 cm³/mol. The number of nitriles is 1. The van der Waals surface area contributed by atoms with Gasteiger partial charge in [0.25, 0.3) is 0 Å². The standard InChI is InChI=1S/C24H16F6N2O2/c25-23(26,27)18-7-3-1-5-13(18)9-14-11-33-12-17-20(16(10-31)22(32)34-21(14)17)15-6-2-4-8-19(15)24(28,29)30/h1-9,20H,11-12,32H2. The fraction of sp³-hybridized carbons (Fsp3) is 0.208. The second-order valence-electron chi connectivity index (χ2n) is 7.61. The average Bonchev–Trinajstić information content (AvgIpc) is 2.78. The summed E-state index contributed by atoms with van der Waals surface area (Å²) < 4.78 is 92.7. The Kier molecular flexibility index (Phi) is 5.91. The highest BCUT2D eigenvalue weighted by atomic mass is 19.4. The van der Waals surface area contributed by atoms with E-state index >= 15 is 0 Å². The third kappa shape index (κ3) is 4.26. The van der Waals surface area contributed by atoms with Crippen LogP contribution in [0.3, 0.4) is 0 Å². The average molecular weight is 478 g/mol. The molecule has 1 unspecified atom stereocenters. The van der Waals surface area contributed by atoms with Crippen LogP contribution in [0.15, 0.2) is 76.9 Å². The van der Waals surface area contributed by atoms with Crippen LogP contribution >= 0.6 is 0 Å². The molecule has 2 N–H and O–H groups in total.